The van der Waals surface area contributed by atoms with Gasteiger partial charge in [0.1, 0.15) is 0 Å². The monoisotopic (exact) mass is 435 g/mol. The minimum Gasteiger partial charge on any atom is -0.349 e. The summed E-state index contributed by atoms with van der Waals surface area (Å²) >= 11 is 1.50. The van der Waals surface area contributed by atoms with Gasteiger partial charge in [0.25, 0.3) is 5.56 Å². The van der Waals surface area contributed by atoms with E-state index >= 15 is 0 Å². The van der Waals surface area contributed by atoms with Crippen molar-refractivity contribution in [1.82, 2.24) is 15.3 Å². The van der Waals surface area contributed by atoms with Crippen molar-refractivity contribution in [3.8, 4) is 0 Å². The summed E-state index contributed by atoms with van der Waals surface area (Å²) in [6, 6.07) is 18.2. The number of aromatic amines is 1. The second kappa shape index (κ2) is 11.0. The van der Waals surface area contributed by atoms with Crippen molar-refractivity contribution < 1.29 is 4.79 Å². The molecule has 5 nitrogen and oxygen atoms in total. The fourth-order valence-electron chi connectivity index (χ4n) is 3.40. The minimum atomic E-state index is -0.165. The molecule has 1 aromatic heterocycles. The summed E-state index contributed by atoms with van der Waals surface area (Å²) in [6.45, 7) is 5.92. The summed E-state index contributed by atoms with van der Waals surface area (Å²) in [4.78, 5) is 32.5. The Morgan fingerprint density at radius 1 is 1.10 bits per heavy atom. The van der Waals surface area contributed by atoms with Gasteiger partial charge in [0.15, 0.2) is 5.16 Å². The lowest BCUT2D eigenvalue weighted by molar-refractivity contribution is -0.121. The average molecular weight is 436 g/mol. The zero-order valence-corrected chi connectivity index (χ0v) is 19.1. The van der Waals surface area contributed by atoms with Crippen LogP contribution in [0.25, 0.3) is 0 Å². The van der Waals surface area contributed by atoms with E-state index in [1.807, 2.05) is 56.3 Å². The van der Waals surface area contributed by atoms with Gasteiger partial charge in [-0.05, 0) is 37.8 Å². The van der Waals surface area contributed by atoms with Crippen LogP contribution in [-0.2, 0) is 17.0 Å². The minimum absolute atomic E-state index is 0.0256. The Bertz CT molecular complexity index is 1060. The van der Waals surface area contributed by atoms with E-state index in [-0.39, 0.29) is 23.9 Å². The first-order valence-electron chi connectivity index (χ1n) is 10.6. The van der Waals surface area contributed by atoms with Gasteiger partial charge in [-0.2, -0.15) is 0 Å². The maximum Gasteiger partial charge on any atom is 0.254 e. The third-order valence-electron chi connectivity index (χ3n) is 5.24. The average Bonchev–Trinajstić information content (AvgIpc) is 2.77. The Morgan fingerprint density at radius 3 is 2.45 bits per heavy atom. The second-order valence-electron chi connectivity index (χ2n) is 7.65. The van der Waals surface area contributed by atoms with E-state index in [4.69, 9.17) is 0 Å². The molecule has 1 amide bonds. The molecule has 3 rings (SSSR count). The van der Waals surface area contributed by atoms with E-state index in [2.05, 4.69) is 34.3 Å². The fraction of sp³-hybridized carbons (Fsp3) is 0.320. The van der Waals surface area contributed by atoms with Gasteiger partial charge in [0, 0.05) is 23.4 Å². The maximum atomic E-state index is 12.6. The van der Waals surface area contributed by atoms with Crippen LogP contribution in [0, 0.1) is 13.8 Å². The molecule has 3 aromatic rings. The van der Waals surface area contributed by atoms with Gasteiger partial charge in [-0.25, -0.2) is 4.98 Å². The van der Waals surface area contributed by atoms with Crippen LogP contribution in [0.1, 0.15) is 53.8 Å². The van der Waals surface area contributed by atoms with Crippen molar-refractivity contribution in [1.29, 1.82) is 0 Å². The molecule has 0 aliphatic carbocycles. The van der Waals surface area contributed by atoms with Crippen LogP contribution in [0.15, 0.2) is 64.5 Å². The number of hydrogen-bond acceptors (Lipinski definition) is 4. The first-order valence-corrected chi connectivity index (χ1v) is 11.6. The number of thioether (sulfide) groups is 1. The lowest BCUT2D eigenvalue weighted by atomic mass is 10.0. The van der Waals surface area contributed by atoms with E-state index in [1.54, 1.807) is 0 Å². The number of amides is 1. The van der Waals surface area contributed by atoms with Crippen molar-refractivity contribution in [2.45, 2.75) is 57.0 Å². The number of carbonyl (C=O) groups excluding carboxylic acids is 1. The van der Waals surface area contributed by atoms with Crippen molar-refractivity contribution >= 4 is 17.7 Å². The van der Waals surface area contributed by atoms with Crippen LogP contribution >= 0.6 is 11.8 Å². The number of hydrogen-bond donors (Lipinski definition) is 2. The summed E-state index contributed by atoms with van der Waals surface area (Å²) in [5.41, 5.74) is 4.55. The van der Waals surface area contributed by atoms with Gasteiger partial charge in [0.05, 0.1) is 6.04 Å². The molecule has 6 heteroatoms. The zero-order chi connectivity index (χ0) is 22.2. The van der Waals surface area contributed by atoms with Crippen molar-refractivity contribution in [3.05, 3.63) is 92.9 Å². The van der Waals surface area contributed by atoms with Crippen LogP contribution in [0.4, 0.5) is 0 Å². The first kappa shape index (κ1) is 22.8. The third kappa shape index (κ3) is 6.56. The Kier molecular flexibility index (Phi) is 8.06. The molecular weight excluding hydrogens is 406 g/mol. The van der Waals surface area contributed by atoms with Crippen LogP contribution in [0.5, 0.6) is 0 Å². The van der Waals surface area contributed by atoms with Crippen LogP contribution in [0.2, 0.25) is 0 Å². The van der Waals surface area contributed by atoms with Gasteiger partial charge in [-0.3, -0.25) is 9.59 Å². The lowest BCUT2D eigenvalue weighted by Gasteiger charge is -2.18. The van der Waals surface area contributed by atoms with E-state index in [0.717, 1.165) is 17.7 Å². The molecule has 1 atom stereocenters. The number of H-pyrrole nitrogens is 1. The Morgan fingerprint density at radius 2 is 1.81 bits per heavy atom. The van der Waals surface area contributed by atoms with E-state index in [0.29, 0.717) is 22.8 Å². The smallest absolute Gasteiger partial charge is 0.254 e. The highest BCUT2D eigenvalue weighted by atomic mass is 32.2. The van der Waals surface area contributed by atoms with Gasteiger partial charge in [-0.15, -0.1) is 0 Å². The highest BCUT2D eigenvalue weighted by Crippen LogP contribution is 2.20. The predicted molar refractivity (Wildman–Crippen MR) is 126 cm³/mol. The summed E-state index contributed by atoms with van der Waals surface area (Å²) in [7, 11) is 0. The predicted octanol–water partition coefficient (Wildman–Crippen LogP) is 4.88. The van der Waals surface area contributed by atoms with Crippen LogP contribution in [-0.4, -0.2) is 15.9 Å². The van der Waals surface area contributed by atoms with Gasteiger partial charge >= 0.3 is 0 Å². The molecule has 2 N–H and O–H groups in total. The molecular formula is C25H29N3O2S. The highest BCUT2D eigenvalue weighted by molar-refractivity contribution is 7.98. The quantitative estimate of drug-likeness (QED) is 0.371. The Balaban J connectivity index is 1.58. The fourth-order valence-corrected chi connectivity index (χ4v) is 4.26. The van der Waals surface area contributed by atoms with E-state index < -0.39 is 0 Å². The summed E-state index contributed by atoms with van der Waals surface area (Å²) < 4.78 is 0. The third-order valence-corrected chi connectivity index (χ3v) is 6.19. The molecule has 0 unspecified atom stereocenters. The molecule has 162 valence electrons. The number of nitrogens with zero attached hydrogens (tertiary/aromatic N) is 1. The second-order valence-corrected chi connectivity index (χ2v) is 8.61. The van der Waals surface area contributed by atoms with Crippen molar-refractivity contribution in [2.24, 2.45) is 0 Å². The highest BCUT2D eigenvalue weighted by Gasteiger charge is 2.15. The molecule has 0 radical (unpaired) electrons. The van der Waals surface area contributed by atoms with Crippen LogP contribution in [0.3, 0.4) is 0 Å². The number of aromatic nitrogens is 2. The lowest BCUT2D eigenvalue weighted by Crippen LogP contribution is -2.29. The number of carbonyl (C=O) groups is 1. The molecule has 0 aliphatic heterocycles. The topological polar surface area (TPSA) is 74.8 Å². The summed E-state index contributed by atoms with van der Waals surface area (Å²) in [5.74, 6) is 0.677. The SMILES string of the molecule is CC[C@@H](NC(=O)CCc1c(C)nc(SCc2ccccc2)[nH]c1=O)c1ccc(C)cc1. The summed E-state index contributed by atoms with van der Waals surface area (Å²) in [5, 5.41) is 3.69. The molecule has 0 bridgehead atoms. The van der Waals surface area contributed by atoms with Crippen molar-refractivity contribution in [3.63, 3.8) is 0 Å². The number of aryl methyl sites for hydroxylation is 2. The summed E-state index contributed by atoms with van der Waals surface area (Å²) in [6.07, 6.45) is 1.43. The Hall–Kier alpha value is -2.86. The number of rotatable bonds is 9. The molecule has 31 heavy (non-hydrogen) atoms. The molecule has 0 fully saturated rings. The number of benzene rings is 2. The van der Waals surface area contributed by atoms with Crippen molar-refractivity contribution in [2.75, 3.05) is 0 Å². The molecule has 2 aromatic carbocycles. The maximum absolute atomic E-state index is 12.6. The van der Waals surface area contributed by atoms with Gasteiger partial charge in [0.2, 0.25) is 5.91 Å². The number of nitrogens with one attached hydrogen (secondary N) is 2. The molecule has 0 saturated heterocycles. The normalized spacial score (nSPS) is 11.8. The largest absolute Gasteiger partial charge is 0.349 e. The molecule has 0 spiro atoms. The molecule has 0 aliphatic rings. The van der Waals surface area contributed by atoms with E-state index in [1.165, 1.54) is 22.9 Å². The Labute approximate surface area is 187 Å². The zero-order valence-electron chi connectivity index (χ0n) is 18.3. The standard InChI is InChI=1S/C25H29N3O2S/c1-4-22(20-12-10-17(2)11-13-20)27-23(29)15-14-21-18(3)26-25(28-24(21)30)31-16-19-8-6-5-7-9-19/h5-13,22H,4,14-16H2,1-3H3,(H,27,29)(H,26,28,30)/t22-/m1/s1. The van der Waals surface area contributed by atoms with Crippen LogP contribution < -0.4 is 10.9 Å². The first-order chi connectivity index (χ1) is 15.0. The van der Waals surface area contributed by atoms with Gasteiger partial charge in [-0.1, -0.05) is 78.8 Å². The van der Waals surface area contributed by atoms with Gasteiger partial charge < -0.3 is 10.3 Å². The molecule has 0 saturated carbocycles. The van der Waals surface area contributed by atoms with E-state index in [9.17, 15) is 9.59 Å². The molecule has 1 heterocycles.